The van der Waals surface area contributed by atoms with Gasteiger partial charge < -0.3 is 5.73 Å². The van der Waals surface area contributed by atoms with Crippen molar-refractivity contribution in [2.45, 2.75) is 38.0 Å². The molecule has 0 amide bonds. The highest BCUT2D eigenvalue weighted by Gasteiger charge is 2.21. The first-order valence-electron chi connectivity index (χ1n) is 5.15. The molecule has 0 aromatic rings. The standard InChI is InChI=1S/C10H21NS2/c1-8(2)3-4-9(11)10-7-12-5-6-13-10/h8-10H,3-7,11H2,1-2H3. The Morgan fingerprint density at radius 3 is 2.62 bits per heavy atom. The highest BCUT2D eigenvalue weighted by molar-refractivity contribution is 8.06. The molecular weight excluding hydrogens is 198 g/mol. The van der Waals surface area contributed by atoms with E-state index in [9.17, 15) is 0 Å². The molecule has 1 rings (SSSR count). The Kier molecular flexibility index (Phi) is 5.60. The molecule has 3 heteroatoms. The maximum absolute atomic E-state index is 6.16. The quantitative estimate of drug-likeness (QED) is 0.787. The molecule has 0 aromatic heterocycles. The van der Waals surface area contributed by atoms with E-state index in [1.807, 2.05) is 0 Å². The summed E-state index contributed by atoms with van der Waals surface area (Å²) in [4.78, 5) is 0. The van der Waals surface area contributed by atoms with Gasteiger partial charge >= 0.3 is 0 Å². The van der Waals surface area contributed by atoms with Gasteiger partial charge in [0.1, 0.15) is 0 Å². The summed E-state index contributed by atoms with van der Waals surface area (Å²) in [6, 6.07) is 0.431. The van der Waals surface area contributed by atoms with Gasteiger partial charge in [0.25, 0.3) is 0 Å². The summed E-state index contributed by atoms with van der Waals surface area (Å²) in [6.07, 6.45) is 2.48. The van der Waals surface area contributed by atoms with Crippen molar-refractivity contribution in [2.75, 3.05) is 17.3 Å². The Morgan fingerprint density at radius 2 is 2.08 bits per heavy atom. The predicted molar refractivity (Wildman–Crippen MR) is 65.6 cm³/mol. The van der Waals surface area contributed by atoms with Crippen molar-refractivity contribution >= 4 is 23.5 Å². The summed E-state index contributed by atoms with van der Waals surface area (Å²) in [5, 5.41) is 0.720. The maximum Gasteiger partial charge on any atom is 0.0289 e. The molecule has 1 fully saturated rings. The van der Waals surface area contributed by atoms with E-state index in [-0.39, 0.29) is 0 Å². The lowest BCUT2D eigenvalue weighted by Crippen LogP contribution is -2.36. The second-order valence-corrected chi connectivity index (χ2v) is 6.62. The molecule has 0 aromatic carbocycles. The van der Waals surface area contributed by atoms with Gasteiger partial charge in [0.2, 0.25) is 0 Å². The van der Waals surface area contributed by atoms with Crippen molar-refractivity contribution in [3.63, 3.8) is 0 Å². The van der Waals surface area contributed by atoms with E-state index in [4.69, 9.17) is 5.73 Å². The number of rotatable bonds is 4. The van der Waals surface area contributed by atoms with E-state index in [2.05, 4.69) is 37.4 Å². The fourth-order valence-electron chi connectivity index (χ4n) is 1.46. The van der Waals surface area contributed by atoms with Crippen molar-refractivity contribution in [3.05, 3.63) is 0 Å². The Labute approximate surface area is 90.6 Å². The third-order valence-corrected chi connectivity index (χ3v) is 5.34. The Hall–Kier alpha value is 0.660. The van der Waals surface area contributed by atoms with E-state index in [0.717, 1.165) is 11.2 Å². The number of hydrogen-bond acceptors (Lipinski definition) is 3. The van der Waals surface area contributed by atoms with E-state index in [1.54, 1.807) is 0 Å². The fourth-order valence-corrected chi connectivity index (χ4v) is 4.33. The largest absolute Gasteiger partial charge is 0.327 e. The smallest absolute Gasteiger partial charge is 0.0289 e. The van der Waals surface area contributed by atoms with Gasteiger partial charge in [-0.2, -0.15) is 23.5 Å². The molecule has 0 spiro atoms. The summed E-state index contributed by atoms with van der Waals surface area (Å²) in [7, 11) is 0. The molecule has 1 nitrogen and oxygen atoms in total. The lowest BCUT2D eigenvalue weighted by molar-refractivity contribution is 0.495. The third kappa shape index (κ3) is 4.61. The van der Waals surface area contributed by atoms with E-state index >= 15 is 0 Å². The highest BCUT2D eigenvalue weighted by atomic mass is 32.2. The van der Waals surface area contributed by atoms with Crippen LogP contribution in [0.2, 0.25) is 0 Å². The lowest BCUT2D eigenvalue weighted by Gasteiger charge is -2.27. The van der Waals surface area contributed by atoms with Gasteiger partial charge in [0.15, 0.2) is 0 Å². The average molecular weight is 219 g/mol. The molecule has 0 aliphatic carbocycles. The maximum atomic E-state index is 6.16. The zero-order valence-corrected chi connectivity index (χ0v) is 10.3. The highest BCUT2D eigenvalue weighted by Crippen LogP contribution is 2.27. The molecule has 1 heterocycles. The minimum Gasteiger partial charge on any atom is -0.327 e. The van der Waals surface area contributed by atoms with Crippen LogP contribution in [0.3, 0.4) is 0 Å². The first-order valence-corrected chi connectivity index (χ1v) is 7.35. The van der Waals surface area contributed by atoms with Crippen LogP contribution in [0.25, 0.3) is 0 Å². The molecule has 0 radical (unpaired) electrons. The lowest BCUT2D eigenvalue weighted by atomic mass is 10.0. The van der Waals surface area contributed by atoms with Crippen molar-refractivity contribution in [1.82, 2.24) is 0 Å². The van der Waals surface area contributed by atoms with Crippen LogP contribution in [0.1, 0.15) is 26.7 Å². The molecule has 78 valence electrons. The fraction of sp³-hybridized carbons (Fsp3) is 1.00. The second kappa shape index (κ2) is 6.20. The van der Waals surface area contributed by atoms with Crippen LogP contribution in [-0.4, -0.2) is 28.6 Å². The second-order valence-electron chi connectivity index (χ2n) is 4.12. The minimum absolute atomic E-state index is 0.431. The molecule has 0 bridgehead atoms. The van der Waals surface area contributed by atoms with Crippen LogP contribution < -0.4 is 5.73 Å². The number of nitrogens with two attached hydrogens (primary N) is 1. The third-order valence-electron chi connectivity index (χ3n) is 2.40. The van der Waals surface area contributed by atoms with Crippen molar-refractivity contribution < 1.29 is 0 Å². The van der Waals surface area contributed by atoms with E-state index in [1.165, 1.54) is 30.1 Å². The first kappa shape index (κ1) is 11.7. The Bertz CT molecular complexity index is 133. The van der Waals surface area contributed by atoms with E-state index < -0.39 is 0 Å². The van der Waals surface area contributed by atoms with Crippen LogP contribution in [0, 0.1) is 5.92 Å². The van der Waals surface area contributed by atoms with Crippen LogP contribution in [0.15, 0.2) is 0 Å². The van der Waals surface area contributed by atoms with Crippen LogP contribution in [0.5, 0.6) is 0 Å². The summed E-state index contributed by atoms with van der Waals surface area (Å²) in [5.41, 5.74) is 6.16. The predicted octanol–water partition coefficient (Wildman–Crippen LogP) is 2.60. The molecule has 1 aliphatic heterocycles. The normalized spacial score (nSPS) is 26.3. The van der Waals surface area contributed by atoms with Crippen LogP contribution in [0.4, 0.5) is 0 Å². The first-order chi connectivity index (χ1) is 6.20. The molecule has 2 N–H and O–H groups in total. The van der Waals surface area contributed by atoms with Gasteiger partial charge in [-0.15, -0.1) is 0 Å². The van der Waals surface area contributed by atoms with Crippen molar-refractivity contribution in [3.8, 4) is 0 Å². The van der Waals surface area contributed by atoms with Crippen molar-refractivity contribution in [1.29, 1.82) is 0 Å². The number of thioether (sulfide) groups is 2. The summed E-state index contributed by atoms with van der Waals surface area (Å²) >= 11 is 4.14. The van der Waals surface area contributed by atoms with Gasteiger partial charge in [0, 0.05) is 28.6 Å². The van der Waals surface area contributed by atoms with Crippen LogP contribution in [-0.2, 0) is 0 Å². The molecule has 0 saturated carbocycles. The van der Waals surface area contributed by atoms with Crippen molar-refractivity contribution in [2.24, 2.45) is 11.7 Å². The zero-order chi connectivity index (χ0) is 9.68. The van der Waals surface area contributed by atoms with Gasteiger partial charge in [-0.1, -0.05) is 13.8 Å². The topological polar surface area (TPSA) is 26.0 Å². The summed E-state index contributed by atoms with van der Waals surface area (Å²) in [5.74, 6) is 4.68. The zero-order valence-electron chi connectivity index (χ0n) is 8.66. The molecule has 2 atom stereocenters. The minimum atomic E-state index is 0.431. The van der Waals surface area contributed by atoms with Gasteiger partial charge in [-0.3, -0.25) is 0 Å². The Morgan fingerprint density at radius 1 is 1.31 bits per heavy atom. The van der Waals surface area contributed by atoms with Crippen LogP contribution >= 0.6 is 23.5 Å². The Balaban J connectivity index is 2.17. The molecule has 2 unspecified atom stereocenters. The SMILES string of the molecule is CC(C)CCC(N)C1CSCCS1. The monoisotopic (exact) mass is 219 g/mol. The molecule has 1 saturated heterocycles. The molecular formula is C10H21NS2. The van der Waals surface area contributed by atoms with Gasteiger partial charge in [0.05, 0.1) is 0 Å². The molecule has 1 aliphatic rings. The van der Waals surface area contributed by atoms with Gasteiger partial charge in [-0.05, 0) is 18.8 Å². The number of hydrogen-bond donors (Lipinski definition) is 1. The average Bonchev–Trinajstić information content (AvgIpc) is 2.15. The van der Waals surface area contributed by atoms with Gasteiger partial charge in [-0.25, -0.2) is 0 Å². The molecule has 13 heavy (non-hydrogen) atoms. The summed E-state index contributed by atoms with van der Waals surface area (Å²) in [6.45, 7) is 4.55. The van der Waals surface area contributed by atoms with E-state index in [0.29, 0.717) is 6.04 Å². The summed E-state index contributed by atoms with van der Waals surface area (Å²) < 4.78 is 0.